The second-order valence-electron chi connectivity index (χ2n) is 9.16. The lowest BCUT2D eigenvalue weighted by Crippen LogP contribution is -2.59. The topological polar surface area (TPSA) is 105 Å². The largest absolute Gasteiger partial charge is 0.480 e. The van der Waals surface area contributed by atoms with Crippen molar-refractivity contribution in [1.29, 1.82) is 0 Å². The molecule has 7 heteroatoms. The summed E-state index contributed by atoms with van der Waals surface area (Å²) >= 11 is 0. The van der Waals surface area contributed by atoms with Crippen LogP contribution < -0.4 is 10.6 Å². The third-order valence-corrected chi connectivity index (χ3v) is 6.83. The fourth-order valence-corrected chi connectivity index (χ4v) is 4.67. The molecule has 2 aromatic rings. The standard InChI is InChI=1S/C27H30N2O5/c1-3-4-13-23(24(30)29-27(2,25(31)32)17-14-15-17)28-26(33)34-16-22-20-11-7-5-9-18(20)19-10-6-8-12-21(19)22/h3,5-12,17,22-23H,1,4,13-16H2,2H3,(H,28,33)(H,29,30)(H,31,32). The molecule has 4 rings (SSSR count). The van der Waals surface area contributed by atoms with Crippen molar-refractivity contribution in [2.75, 3.05) is 6.61 Å². The molecule has 34 heavy (non-hydrogen) atoms. The molecule has 0 radical (unpaired) electrons. The maximum atomic E-state index is 12.9. The van der Waals surface area contributed by atoms with Crippen molar-refractivity contribution >= 4 is 18.0 Å². The number of nitrogens with one attached hydrogen (secondary N) is 2. The van der Waals surface area contributed by atoms with Gasteiger partial charge in [-0.05, 0) is 60.8 Å². The van der Waals surface area contributed by atoms with E-state index in [0.29, 0.717) is 12.8 Å². The first-order chi connectivity index (χ1) is 16.3. The Bertz CT molecular complexity index is 1060. The van der Waals surface area contributed by atoms with Crippen molar-refractivity contribution in [1.82, 2.24) is 10.6 Å². The summed E-state index contributed by atoms with van der Waals surface area (Å²) in [4.78, 5) is 37.4. The van der Waals surface area contributed by atoms with Crippen LogP contribution in [-0.4, -0.2) is 41.3 Å². The van der Waals surface area contributed by atoms with Crippen molar-refractivity contribution in [2.45, 2.75) is 50.1 Å². The quantitative estimate of drug-likeness (QED) is 0.459. The summed E-state index contributed by atoms with van der Waals surface area (Å²) in [7, 11) is 0. The van der Waals surface area contributed by atoms with Gasteiger partial charge in [-0.2, -0.15) is 0 Å². The number of carbonyl (C=O) groups is 3. The second kappa shape index (κ2) is 9.71. The molecule has 2 atom stereocenters. The van der Waals surface area contributed by atoms with Crippen molar-refractivity contribution in [3.05, 3.63) is 72.3 Å². The minimum Gasteiger partial charge on any atom is -0.480 e. The first-order valence-corrected chi connectivity index (χ1v) is 11.6. The van der Waals surface area contributed by atoms with Crippen molar-refractivity contribution in [3.8, 4) is 11.1 Å². The average Bonchev–Trinajstić information content (AvgIpc) is 3.64. The first-order valence-electron chi connectivity index (χ1n) is 11.6. The lowest BCUT2D eigenvalue weighted by molar-refractivity contribution is -0.148. The van der Waals surface area contributed by atoms with E-state index in [0.717, 1.165) is 35.1 Å². The number of carbonyl (C=O) groups excluding carboxylic acids is 2. The number of benzene rings is 2. The highest BCUT2D eigenvalue weighted by Gasteiger charge is 2.49. The summed E-state index contributed by atoms with van der Waals surface area (Å²) < 4.78 is 5.57. The zero-order valence-corrected chi connectivity index (χ0v) is 19.3. The Morgan fingerprint density at radius 1 is 1.12 bits per heavy atom. The number of amides is 2. The van der Waals surface area contributed by atoms with Gasteiger partial charge < -0.3 is 20.5 Å². The van der Waals surface area contributed by atoms with Gasteiger partial charge in [-0.1, -0.05) is 54.6 Å². The van der Waals surface area contributed by atoms with E-state index in [4.69, 9.17) is 4.74 Å². The molecule has 7 nitrogen and oxygen atoms in total. The summed E-state index contributed by atoms with van der Waals surface area (Å²) in [6.07, 6.45) is 3.21. The molecule has 2 aromatic carbocycles. The van der Waals surface area contributed by atoms with Crippen LogP contribution in [0.4, 0.5) is 4.79 Å². The molecule has 2 unspecified atom stereocenters. The Kier molecular flexibility index (Phi) is 6.72. The van der Waals surface area contributed by atoms with E-state index >= 15 is 0 Å². The number of aliphatic carboxylic acids is 1. The van der Waals surface area contributed by atoms with E-state index in [1.807, 2.05) is 36.4 Å². The molecule has 1 fully saturated rings. The number of carboxylic acids is 1. The Morgan fingerprint density at radius 2 is 1.71 bits per heavy atom. The van der Waals surface area contributed by atoms with Crippen LogP contribution in [0.25, 0.3) is 11.1 Å². The normalized spacial score (nSPS) is 17.0. The summed E-state index contributed by atoms with van der Waals surface area (Å²) in [5.74, 6) is -1.81. The summed E-state index contributed by atoms with van der Waals surface area (Å²) in [6, 6.07) is 15.2. The fraction of sp³-hybridized carbons (Fsp3) is 0.370. The van der Waals surface area contributed by atoms with Gasteiger partial charge in [0.25, 0.3) is 0 Å². The van der Waals surface area contributed by atoms with Gasteiger partial charge in [0.05, 0.1) is 0 Å². The van der Waals surface area contributed by atoms with E-state index in [-0.39, 0.29) is 18.4 Å². The minimum absolute atomic E-state index is 0.0937. The SMILES string of the molecule is C=CCCC(NC(=O)OCC1c2ccccc2-c2ccccc21)C(=O)NC(C)(C(=O)O)C1CC1. The molecule has 1 saturated carbocycles. The molecule has 0 spiro atoms. The maximum Gasteiger partial charge on any atom is 0.407 e. The van der Waals surface area contributed by atoms with E-state index in [1.54, 1.807) is 6.08 Å². The summed E-state index contributed by atoms with van der Waals surface area (Å²) in [6.45, 7) is 5.32. The monoisotopic (exact) mass is 462 g/mol. The van der Waals surface area contributed by atoms with Crippen molar-refractivity contribution < 1.29 is 24.2 Å². The van der Waals surface area contributed by atoms with Crippen LogP contribution in [0, 0.1) is 5.92 Å². The lowest BCUT2D eigenvalue weighted by Gasteiger charge is -2.29. The van der Waals surface area contributed by atoms with Crippen LogP contribution in [0.1, 0.15) is 49.7 Å². The number of alkyl carbamates (subject to hydrolysis) is 1. The van der Waals surface area contributed by atoms with Crippen molar-refractivity contribution in [2.24, 2.45) is 5.92 Å². The lowest BCUT2D eigenvalue weighted by atomic mass is 9.95. The van der Waals surface area contributed by atoms with Gasteiger partial charge >= 0.3 is 12.1 Å². The van der Waals surface area contributed by atoms with E-state index in [2.05, 4.69) is 29.3 Å². The highest BCUT2D eigenvalue weighted by atomic mass is 16.5. The summed E-state index contributed by atoms with van der Waals surface area (Å²) in [5, 5.41) is 14.9. The van der Waals surface area contributed by atoms with Crippen LogP contribution in [0.2, 0.25) is 0 Å². The number of ether oxygens (including phenoxy) is 1. The highest BCUT2D eigenvalue weighted by Crippen LogP contribution is 2.44. The third kappa shape index (κ3) is 4.69. The van der Waals surface area contributed by atoms with Crippen LogP contribution in [0.15, 0.2) is 61.2 Å². The molecule has 0 bridgehead atoms. The molecule has 3 N–H and O–H groups in total. The molecular weight excluding hydrogens is 432 g/mol. The molecule has 0 aliphatic heterocycles. The smallest absolute Gasteiger partial charge is 0.407 e. The Balaban J connectivity index is 1.42. The second-order valence-corrected chi connectivity index (χ2v) is 9.16. The Labute approximate surface area is 199 Å². The Hall–Kier alpha value is -3.61. The van der Waals surface area contributed by atoms with E-state index in [9.17, 15) is 19.5 Å². The molecule has 2 aliphatic carbocycles. The number of carboxylic acid groups (broad SMARTS) is 1. The van der Waals surface area contributed by atoms with Crippen LogP contribution in [0.3, 0.4) is 0 Å². The minimum atomic E-state index is -1.35. The molecule has 0 aromatic heterocycles. The van der Waals surface area contributed by atoms with E-state index in [1.165, 1.54) is 6.92 Å². The zero-order chi connectivity index (χ0) is 24.3. The van der Waals surface area contributed by atoms with Crippen molar-refractivity contribution in [3.63, 3.8) is 0 Å². The average molecular weight is 463 g/mol. The molecule has 178 valence electrons. The molecule has 0 saturated heterocycles. The van der Waals surface area contributed by atoms with Gasteiger partial charge in [-0.3, -0.25) is 4.79 Å². The zero-order valence-electron chi connectivity index (χ0n) is 19.3. The number of fused-ring (bicyclic) bond motifs is 3. The molecule has 2 amide bonds. The van der Waals surface area contributed by atoms with Gasteiger partial charge in [-0.15, -0.1) is 6.58 Å². The third-order valence-electron chi connectivity index (χ3n) is 6.83. The predicted molar refractivity (Wildman–Crippen MR) is 128 cm³/mol. The van der Waals surface area contributed by atoms with Gasteiger partial charge in [0.2, 0.25) is 5.91 Å². The first kappa shape index (κ1) is 23.5. The van der Waals surface area contributed by atoms with Gasteiger partial charge in [0, 0.05) is 5.92 Å². The number of rotatable bonds is 10. The van der Waals surface area contributed by atoms with Crippen LogP contribution in [0.5, 0.6) is 0 Å². The highest BCUT2D eigenvalue weighted by molar-refractivity contribution is 5.91. The van der Waals surface area contributed by atoms with Gasteiger partial charge in [0.1, 0.15) is 18.2 Å². The molecule has 0 heterocycles. The summed E-state index contributed by atoms with van der Waals surface area (Å²) in [5.41, 5.74) is 3.09. The Morgan fingerprint density at radius 3 is 2.24 bits per heavy atom. The predicted octanol–water partition coefficient (Wildman–Crippen LogP) is 4.23. The number of hydrogen-bond acceptors (Lipinski definition) is 4. The van der Waals surface area contributed by atoms with Gasteiger partial charge in [0.15, 0.2) is 0 Å². The van der Waals surface area contributed by atoms with Crippen LogP contribution in [-0.2, 0) is 14.3 Å². The number of hydrogen-bond donors (Lipinski definition) is 3. The molecular formula is C27H30N2O5. The van der Waals surface area contributed by atoms with E-state index < -0.39 is 29.6 Å². The fourth-order valence-electron chi connectivity index (χ4n) is 4.67. The molecule has 2 aliphatic rings. The van der Waals surface area contributed by atoms with Gasteiger partial charge in [-0.25, -0.2) is 9.59 Å². The van der Waals surface area contributed by atoms with Crippen LogP contribution >= 0.6 is 0 Å². The number of allylic oxidation sites excluding steroid dienone is 1. The maximum absolute atomic E-state index is 12.9.